The molecule has 2 aromatic carbocycles. The van der Waals surface area contributed by atoms with Crippen LogP contribution in [0, 0.1) is 5.82 Å². The van der Waals surface area contributed by atoms with E-state index in [0.717, 1.165) is 17.0 Å². The molecule has 4 nitrogen and oxygen atoms in total. The van der Waals surface area contributed by atoms with Gasteiger partial charge in [0.15, 0.2) is 6.61 Å². The van der Waals surface area contributed by atoms with Crippen molar-refractivity contribution in [3.05, 3.63) is 64.9 Å². The molecule has 0 spiro atoms. The van der Waals surface area contributed by atoms with Crippen LogP contribution < -0.4 is 5.32 Å². The standard InChI is InChI=1S/C17H15ClFNO3S/c18-12-6-7-15(19)14(10-12)17(22)23-11-16(21)20-8-9-24-13-4-2-1-3-5-13/h1-7,10H,8-9,11H2,(H,20,21). The van der Waals surface area contributed by atoms with Gasteiger partial charge in [-0.1, -0.05) is 29.8 Å². The van der Waals surface area contributed by atoms with E-state index in [9.17, 15) is 14.0 Å². The Bertz CT molecular complexity index is 712. The lowest BCUT2D eigenvalue weighted by atomic mass is 10.2. The van der Waals surface area contributed by atoms with Gasteiger partial charge in [-0.15, -0.1) is 11.8 Å². The first-order valence-electron chi connectivity index (χ1n) is 7.13. The Morgan fingerprint density at radius 3 is 2.67 bits per heavy atom. The van der Waals surface area contributed by atoms with E-state index in [1.54, 1.807) is 11.8 Å². The maximum atomic E-state index is 13.5. The summed E-state index contributed by atoms with van der Waals surface area (Å²) in [5.74, 6) is -1.43. The largest absolute Gasteiger partial charge is 0.452 e. The van der Waals surface area contributed by atoms with Crippen molar-refractivity contribution in [1.82, 2.24) is 5.32 Å². The van der Waals surface area contributed by atoms with Gasteiger partial charge in [-0.25, -0.2) is 9.18 Å². The molecule has 0 aromatic heterocycles. The molecule has 0 fully saturated rings. The van der Waals surface area contributed by atoms with E-state index in [1.807, 2.05) is 30.3 Å². The average Bonchev–Trinajstić information content (AvgIpc) is 2.59. The summed E-state index contributed by atoms with van der Waals surface area (Å²) >= 11 is 7.30. The minimum absolute atomic E-state index is 0.214. The third-order valence-electron chi connectivity index (χ3n) is 2.92. The normalized spacial score (nSPS) is 10.2. The molecular formula is C17H15ClFNO3S. The lowest BCUT2D eigenvalue weighted by Gasteiger charge is -2.07. The number of ether oxygens (including phenoxy) is 1. The highest BCUT2D eigenvalue weighted by Crippen LogP contribution is 2.16. The van der Waals surface area contributed by atoms with Crippen molar-refractivity contribution in [3.8, 4) is 0 Å². The van der Waals surface area contributed by atoms with E-state index >= 15 is 0 Å². The van der Waals surface area contributed by atoms with Crippen LogP contribution in [0.3, 0.4) is 0 Å². The summed E-state index contributed by atoms with van der Waals surface area (Å²) in [5.41, 5.74) is -0.296. The molecule has 1 amide bonds. The number of benzene rings is 2. The van der Waals surface area contributed by atoms with Gasteiger partial charge in [-0.2, -0.15) is 0 Å². The molecule has 0 radical (unpaired) electrons. The van der Waals surface area contributed by atoms with E-state index < -0.39 is 24.3 Å². The van der Waals surface area contributed by atoms with Crippen LogP contribution in [0.15, 0.2) is 53.4 Å². The van der Waals surface area contributed by atoms with Crippen molar-refractivity contribution < 1.29 is 18.7 Å². The topological polar surface area (TPSA) is 55.4 Å². The molecule has 0 unspecified atom stereocenters. The minimum Gasteiger partial charge on any atom is -0.452 e. The Hall–Kier alpha value is -2.05. The van der Waals surface area contributed by atoms with Gasteiger partial charge in [0.2, 0.25) is 0 Å². The van der Waals surface area contributed by atoms with Crippen molar-refractivity contribution in [2.75, 3.05) is 18.9 Å². The van der Waals surface area contributed by atoms with Gasteiger partial charge in [0.25, 0.3) is 5.91 Å². The van der Waals surface area contributed by atoms with Crippen molar-refractivity contribution in [3.63, 3.8) is 0 Å². The van der Waals surface area contributed by atoms with Crippen molar-refractivity contribution in [2.45, 2.75) is 4.90 Å². The fourth-order valence-corrected chi connectivity index (χ4v) is 2.75. The van der Waals surface area contributed by atoms with E-state index in [0.29, 0.717) is 12.3 Å². The summed E-state index contributed by atoms with van der Waals surface area (Å²) in [7, 11) is 0. The second-order valence-corrected chi connectivity index (χ2v) is 6.32. The first-order chi connectivity index (χ1) is 11.6. The molecule has 0 aliphatic heterocycles. The highest BCUT2D eigenvalue weighted by Gasteiger charge is 2.15. The fraction of sp³-hybridized carbons (Fsp3) is 0.176. The predicted molar refractivity (Wildman–Crippen MR) is 91.9 cm³/mol. The van der Waals surface area contributed by atoms with Crippen LogP contribution >= 0.6 is 23.4 Å². The number of carbonyl (C=O) groups is 2. The van der Waals surface area contributed by atoms with E-state index in [1.165, 1.54) is 6.07 Å². The number of esters is 1. The zero-order valence-electron chi connectivity index (χ0n) is 12.6. The van der Waals surface area contributed by atoms with Crippen LogP contribution in [0.1, 0.15) is 10.4 Å². The fourth-order valence-electron chi connectivity index (χ4n) is 1.79. The molecule has 0 bridgehead atoms. The molecule has 126 valence electrons. The number of hydrogen-bond donors (Lipinski definition) is 1. The molecule has 0 heterocycles. The number of thioether (sulfide) groups is 1. The molecular weight excluding hydrogens is 353 g/mol. The smallest absolute Gasteiger partial charge is 0.341 e. The number of carbonyl (C=O) groups excluding carboxylic acids is 2. The van der Waals surface area contributed by atoms with E-state index in [-0.39, 0.29) is 10.6 Å². The predicted octanol–water partition coefficient (Wildman–Crippen LogP) is 3.54. The van der Waals surface area contributed by atoms with E-state index in [2.05, 4.69) is 5.32 Å². The summed E-state index contributed by atoms with van der Waals surface area (Å²) in [6.45, 7) is -0.0394. The Labute approximate surface area is 148 Å². The number of nitrogens with one attached hydrogen (secondary N) is 1. The minimum atomic E-state index is -0.927. The Balaban J connectivity index is 1.69. The highest BCUT2D eigenvalue weighted by atomic mass is 35.5. The third kappa shape index (κ3) is 5.86. The summed E-state index contributed by atoms with van der Waals surface area (Å²) in [6.07, 6.45) is 0. The van der Waals surface area contributed by atoms with E-state index in [4.69, 9.17) is 16.3 Å². The number of hydrogen-bond acceptors (Lipinski definition) is 4. The Morgan fingerprint density at radius 1 is 1.17 bits per heavy atom. The van der Waals surface area contributed by atoms with Gasteiger partial charge in [0.1, 0.15) is 5.82 Å². The summed E-state index contributed by atoms with van der Waals surface area (Å²) in [5, 5.41) is 2.84. The first-order valence-corrected chi connectivity index (χ1v) is 8.49. The number of halogens is 2. The second kappa shape index (κ2) is 9.30. The zero-order valence-corrected chi connectivity index (χ0v) is 14.2. The summed E-state index contributed by atoms with van der Waals surface area (Å²) < 4.78 is 18.3. The lowest BCUT2D eigenvalue weighted by Crippen LogP contribution is -2.30. The maximum Gasteiger partial charge on any atom is 0.341 e. The second-order valence-electron chi connectivity index (χ2n) is 4.71. The van der Waals surface area contributed by atoms with Crippen molar-refractivity contribution in [2.24, 2.45) is 0 Å². The summed E-state index contributed by atoms with van der Waals surface area (Å²) in [4.78, 5) is 24.5. The highest BCUT2D eigenvalue weighted by molar-refractivity contribution is 7.99. The van der Waals surface area contributed by atoms with Gasteiger partial charge < -0.3 is 10.1 Å². The van der Waals surface area contributed by atoms with Crippen LogP contribution in [0.4, 0.5) is 4.39 Å². The molecule has 0 saturated heterocycles. The monoisotopic (exact) mass is 367 g/mol. The van der Waals surface area contributed by atoms with Crippen LogP contribution in [0.25, 0.3) is 0 Å². The van der Waals surface area contributed by atoms with Crippen molar-refractivity contribution in [1.29, 1.82) is 0 Å². The Morgan fingerprint density at radius 2 is 1.92 bits per heavy atom. The SMILES string of the molecule is O=C(COC(=O)c1cc(Cl)ccc1F)NCCSc1ccccc1. The molecule has 0 saturated carbocycles. The van der Waals surface area contributed by atoms with Crippen LogP contribution in [-0.2, 0) is 9.53 Å². The van der Waals surface area contributed by atoms with Crippen LogP contribution in [0.2, 0.25) is 5.02 Å². The molecule has 1 N–H and O–H groups in total. The molecule has 7 heteroatoms. The zero-order chi connectivity index (χ0) is 17.4. The molecule has 0 aliphatic rings. The van der Waals surface area contributed by atoms with Gasteiger partial charge in [0.05, 0.1) is 5.56 Å². The molecule has 0 aliphatic carbocycles. The number of amides is 1. The van der Waals surface area contributed by atoms with Gasteiger partial charge in [0, 0.05) is 22.2 Å². The first kappa shape index (κ1) is 18.3. The molecule has 24 heavy (non-hydrogen) atoms. The molecule has 2 rings (SSSR count). The van der Waals surface area contributed by atoms with Crippen LogP contribution in [-0.4, -0.2) is 30.8 Å². The third-order valence-corrected chi connectivity index (χ3v) is 4.17. The maximum absolute atomic E-state index is 13.5. The number of rotatable bonds is 7. The Kier molecular flexibility index (Phi) is 7.08. The van der Waals surface area contributed by atoms with Gasteiger partial charge in [-0.3, -0.25) is 4.79 Å². The van der Waals surface area contributed by atoms with Gasteiger partial charge >= 0.3 is 5.97 Å². The van der Waals surface area contributed by atoms with Crippen LogP contribution in [0.5, 0.6) is 0 Å². The average molecular weight is 368 g/mol. The quantitative estimate of drug-likeness (QED) is 0.462. The lowest BCUT2D eigenvalue weighted by molar-refractivity contribution is -0.124. The molecule has 0 atom stereocenters. The molecule has 2 aromatic rings. The van der Waals surface area contributed by atoms with Crippen molar-refractivity contribution >= 4 is 35.2 Å². The van der Waals surface area contributed by atoms with Gasteiger partial charge in [-0.05, 0) is 30.3 Å². The summed E-state index contributed by atoms with van der Waals surface area (Å²) in [6, 6.07) is 13.3.